The number of likely N-dealkylation sites (tertiary alicyclic amines) is 1. The van der Waals surface area contributed by atoms with E-state index >= 15 is 0 Å². The molecule has 0 spiro atoms. The predicted octanol–water partition coefficient (Wildman–Crippen LogP) is 0.977. The average molecular weight is 286 g/mol. The summed E-state index contributed by atoms with van der Waals surface area (Å²) in [6.45, 7) is 6.17. The zero-order chi connectivity index (χ0) is 15.3. The first kappa shape index (κ1) is 16.3. The number of hydrogen-bond donors (Lipinski definition) is 2. The van der Waals surface area contributed by atoms with Gasteiger partial charge in [-0.05, 0) is 33.6 Å². The number of nitrogens with one attached hydrogen (secondary N) is 1. The van der Waals surface area contributed by atoms with Gasteiger partial charge in [0.15, 0.2) is 0 Å². The molecule has 2 amide bonds. The molecule has 1 atom stereocenters. The van der Waals surface area contributed by atoms with Crippen molar-refractivity contribution in [1.29, 1.82) is 0 Å². The minimum atomic E-state index is -1.14. The van der Waals surface area contributed by atoms with E-state index in [1.54, 1.807) is 20.8 Å². The van der Waals surface area contributed by atoms with E-state index in [4.69, 9.17) is 9.84 Å². The fourth-order valence-corrected chi connectivity index (χ4v) is 2.04. The molecular formula is C13H22N2O5. The quantitative estimate of drug-likeness (QED) is 0.754. The molecule has 2 N–H and O–H groups in total. The Morgan fingerprint density at radius 3 is 2.55 bits per heavy atom. The number of rotatable bonds is 3. The Morgan fingerprint density at radius 1 is 1.35 bits per heavy atom. The standard InChI is InChI=1S/C13H22N2O5/c1-13(2,3)20-12(19)14-9-5-4-6-15(8-9)10(16)7-11(17)18/h9H,4-8H2,1-3H3,(H,14,19)(H,17,18)/t9-/m1/s1. The van der Waals surface area contributed by atoms with Gasteiger partial charge in [0, 0.05) is 19.1 Å². The molecule has 0 aromatic heterocycles. The van der Waals surface area contributed by atoms with Crippen molar-refractivity contribution in [2.24, 2.45) is 0 Å². The first-order valence-corrected chi connectivity index (χ1v) is 6.66. The van der Waals surface area contributed by atoms with Gasteiger partial charge >= 0.3 is 12.1 Å². The van der Waals surface area contributed by atoms with E-state index in [2.05, 4.69) is 5.32 Å². The summed E-state index contributed by atoms with van der Waals surface area (Å²) in [5, 5.41) is 11.3. The van der Waals surface area contributed by atoms with E-state index in [0.717, 1.165) is 12.8 Å². The summed E-state index contributed by atoms with van der Waals surface area (Å²) in [5.41, 5.74) is -0.572. The first-order chi connectivity index (χ1) is 9.17. The first-order valence-electron chi connectivity index (χ1n) is 6.66. The molecule has 0 unspecified atom stereocenters. The fourth-order valence-electron chi connectivity index (χ4n) is 2.04. The van der Waals surface area contributed by atoms with Crippen LogP contribution in [0.3, 0.4) is 0 Å². The van der Waals surface area contributed by atoms with Crippen LogP contribution in [0.5, 0.6) is 0 Å². The number of hydrogen-bond acceptors (Lipinski definition) is 4. The van der Waals surface area contributed by atoms with Crippen LogP contribution >= 0.6 is 0 Å². The van der Waals surface area contributed by atoms with Crippen molar-refractivity contribution in [3.63, 3.8) is 0 Å². The van der Waals surface area contributed by atoms with Crippen molar-refractivity contribution in [3.05, 3.63) is 0 Å². The molecule has 0 saturated carbocycles. The maximum absolute atomic E-state index is 11.7. The molecule has 0 aromatic rings. The molecule has 114 valence electrons. The maximum atomic E-state index is 11.7. The van der Waals surface area contributed by atoms with Crippen LogP contribution in [0.15, 0.2) is 0 Å². The van der Waals surface area contributed by atoms with Crippen molar-refractivity contribution in [1.82, 2.24) is 10.2 Å². The van der Waals surface area contributed by atoms with Crippen LogP contribution in [0.4, 0.5) is 4.79 Å². The zero-order valence-corrected chi connectivity index (χ0v) is 12.1. The number of piperidine rings is 1. The van der Waals surface area contributed by atoms with Crippen LogP contribution in [0, 0.1) is 0 Å². The number of carboxylic acid groups (broad SMARTS) is 1. The molecule has 7 nitrogen and oxygen atoms in total. The van der Waals surface area contributed by atoms with E-state index in [0.29, 0.717) is 13.1 Å². The number of carbonyl (C=O) groups is 3. The van der Waals surface area contributed by atoms with Crippen molar-refractivity contribution in [2.45, 2.75) is 51.7 Å². The number of carboxylic acids is 1. The molecule has 7 heteroatoms. The molecule has 1 rings (SSSR count). The van der Waals surface area contributed by atoms with E-state index in [-0.39, 0.29) is 6.04 Å². The summed E-state index contributed by atoms with van der Waals surface area (Å²) >= 11 is 0. The third-order valence-corrected chi connectivity index (χ3v) is 2.80. The molecule has 1 aliphatic rings. The van der Waals surface area contributed by atoms with Gasteiger partial charge in [-0.1, -0.05) is 0 Å². The van der Waals surface area contributed by atoms with Gasteiger partial charge in [0.1, 0.15) is 12.0 Å². The Kier molecular flexibility index (Phi) is 5.35. The van der Waals surface area contributed by atoms with E-state index in [1.807, 2.05) is 0 Å². The number of nitrogens with zero attached hydrogens (tertiary/aromatic N) is 1. The molecular weight excluding hydrogens is 264 g/mol. The van der Waals surface area contributed by atoms with Crippen LogP contribution in [0.2, 0.25) is 0 Å². The lowest BCUT2D eigenvalue weighted by Crippen LogP contribution is -2.50. The summed E-state index contributed by atoms with van der Waals surface area (Å²) in [4.78, 5) is 35.3. The zero-order valence-electron chi connectivity index (χ0n) is 12.1. The summed E-state index contributed by atoms with van der Waals surface area (Å²) in [6.07, 6.45) is 0.441. The molecule has 20 heavy (non-hydrogen) atoms. The van der Waals surface area contributed by atoms with Gasteiger partial charge in [0.25, 0.3) is 0 Å². The van der Waals surface area contributed by atoms with Gasteiger partial charge in [0.05, 0.1) is 0 Å². The van der Waals surface area contributed by atoms with Gasteiger partial charge < -0.3 is 20.1 Å². The number of amides is 2. The summed E-state index contributed by atoms with van der Waals surface area (Å²) < 4.78 is 5.15. The average Bonchev–Trinajstić information content (AvgIpc) is 2.25. The highest BCUT2D eigenvalue weighted by molar-refractivity contribution is 5.93. The van der Waals surface area contributed by atoms with Gasteiger partial charge in [0.2, 0.25) is 5.91 Å². The lowest BCUT2D eigenvalue weighted by atomic mass is 10.1. The Bertz CT molecular complexity index is 389. The SMILES string of the molecule is CC(C)(C)OC(=O)N[C@@H]1CCCN(C(=O)CC(=O)O)C1. The summed E-state index contributed by atoms with van der Waals surface area (Å²) in [5.74, 6) is -1.56. The summed E-state index contributed by atoms with van der Waals surface area (Å²) in [7, 11) is 0. The largest absolute Gasteiger partial charge is 0.481 e. The normalized spacial score (nSPS) is 19.4. The molecule has 0 bridgehead atoms. The molecule has 0 radical (unpaired) electrons. The van der Waals surface area contributed by atoms with Crippen molar-refractivity contribution in [3.8, 4) is 0 Å². The third kappa shape index (κ3) is 5.90. The second-order valence-electron chi connectivity index (χ2n) is 5.90. The highest BCUT2D eigenvalue weighted by atomic mass is 16.6. The van der Waals surface area contributed by atoms with Gasteiger partial charge in [-0.2, -0.15) is 0 Å². The van der Waals surface area contributed by atoms with E-state index in [1.165, 1.54) is 4.90 Å². The van der Waals surface area contributed by atoms with Crippen LogP contribution in [-0.2, 0) is 14.3 Å². The lowest BCUT2D eigenvalue weighted by molar-refractivity contribution is -0.144. The fraction of sp³-hybridized carbons (Fsp3) is 0.769. The Morgan fingerprint density at radius 2 is 2.00 bits per heavy atom. The van der Waals surface area contributed by atoms with Crippen molar-refractivity contribution < 1.29 is 24.2 Å². The Balaban J connectivity index is 2.47. The molecule has 1 fully saturated rings. The predicted molar refractivity (Wildman–Crippen MR) is 71.2 cm³/mol. The van der Waals surface area contributed by atoms with Crippen LogP contribution in [0.1, 0.15) is 40.0 Å². The minimum absolute atomic E-state index is 0.198. The van der Waals surface area contributed by atoms with Crippen molar-refractivity contribution in [2.75, 3.05) is 13.1 Å². The minimum Gasteiger partial charge on any atom is -0.481 e. The van der Waals surface area contributed by atoms with Crippen LogP contribution in [-0.4, -0.2) is 52.7 Å². The molecule has 0 aromatic carbocycles. The summed E-state index contributed by atoms with van der Waals surface area (Å²) in [6, 6.07) is -0.198. The lowest BCUT2D eigenvalue weighted by Gasteiger charge is -2.33. The Hall–Kier alpha value is -1.79. The number of aliphatic carboxylic acids is 1. The second-order valence-corrected chi connectivity index (χ2v) is 5.90. The van der Waals surface area contributed by atoms with Crippen molar-refractivity contribution >= 4 is 18.0 Å². The maximum Gasteiger partial charge on any atom is 0.407 e. The van der Waals surface area contributed by atoms with Crippen LogP contribution in [0.25, 0.3) is 0 Å². The number of ether oxygens (including phenoxy) is 1. The second kappa shape index (κ2) is 6.58. The molecule has 1 saturated heterocycles. The Labute approximate surface area is 118 Å². The topological polar surface area (TPSA) is 95.9 Å². The molecule has 1 aliphatic heterocycles. The highest BCUT2D eigenvalue weighted by Gasteiger charge is 2.27. The van der Waals surface area contributed by atoms with Gasteiger partial charge in [-0.15, -0.1) is 0 Å². The van der Waals surface area contributed by atoms with E-state index < -0.39 is 30.0 Å². The third-order valence-electron chi connectivity index (χ3n) is 2.80. The smallest absolute Gasteiger partial charge is 0.407 e. The molecule has 1 heterocycles. The van der Waals surface area contributed by atoms with E-state index in [9.17, 15) is 14.4 Å². The van der Waals surface area contributed by atoms with Crippen LogP contribution < -0.4 is 5.32 Å². The van der Waals surface area contributed by atoms with Gasteiger partial charge in [-0.25, -0.2) is 4.79 Å². The monoisotopic (exact) mass is 286 g/mol. The highest BCUT2D eigenvalue weighted by Crippen LogP contribution is 2.13. The number of alkyl carbamates (subject to hydrolysis) is 1. The van der Waals surface area contributed by atoms with Gasteiger partial charge in [-0.3, -0.25) is 9.59 Å². The number of carbonyl (C=O) groups excluding carboxylic acids is 2. The molecule has 0 aliphatic carbocycles.